The Morgan fingerprint density at radius 3 is 2.45 bits per heavy atom. The van der Waals surface area contributed by atoms with Gasteiger partial charge in [-0.05, 0) is 37.7 Å². The summed E-state index contributed by atoms with van der Waals surface area (Å²) >= 11 is 0. The van der Waals surface area contributed by atoms with Crippen LogP contribution in [0.2, 0.25) is 0 Å². The van der Waals surface area contributed by atoms with Crippen molar-refractivity contribution in [2.75, 3.05) is 54.4 Å². The van der Waals surface area contributed by atoms with Crippen LogP contribution in [0.5, 0.6) is 5.75 Å². The van der Waals surface area contributed by atoms with E-state index < -0.39 is 6.10 Å². The standard InChI is InChI=1S/C24H30N4O3/c1-3-26-14-16-27(17-15-26)20-9-5-4-8-19(20)25-23(29)12-13-28-21-10-6-7-11-22(21)31-18(2)24(28)30/h4-11,18H,3,12-17H2,1-2H3,(H,25,29). The number of amides is 2. The zero-order valence-corrected chi connectivity index (χ0v) is 18.2. The van der Waals surface area contributed by atoms with Crippen molar-refractivity contribution in [3.8, 4) is 5.75 Å². The summed E-state index contributed by atoms with van der Waals surface area (Å²) in [7, 11) is 0. The van der Waals surface area contributed by atoms with Crippen LogP contribution in [-0.4, -0.2) is 62.1 Å². The highest BCUT2D eigenvalue weighted by atomic mass is 16.5. The first kappa shape index (κ1) is 21.2. The number of rotatable bonds is 6. The van der Waals surface area contributed by atoms with Gasteiger partial charge in [-0.1, -0.05) is 31.2 Å². The van der Waals surface area contributed by atoms with Crippen LogP contribution in [0.3, 0.4) is 0 Å². The molecule has 2 aliphatic rings. The van der Waals surface area contributed by atoms with Gasteiger partial charge < -0.3 is 24.8 Å². The van der Waals surface area contributed by atoms with E-state index in [-0.39, 0.29) is 18.2 Å². The highest BCUT2D eigenvalue weighted by molar-refractivity contribution is 6.01. The van der Waals surface area contributed by atoms with Gasteiger partial charge in [-0.2, -0.15) is 0 Å². The first-order chi connectivity index (χ1) is 15.1. The summed E-state index contributed by atoms with van der Waals surface area (Å²) in [5, 5.41) is 3.06. The molecule has 0 bridgehead atoms. The molecule has 7 heteroatoms. The quantitative estimate of drug-likeness (QED) is 0.775. The van der Waals surface area contributed by atoms with E-state index in [1.165, 1.54) is 0 Å². The van der Waals surface area contributed by atoms with Gasteiger partial charge in [-0.15, -0.1) is 0 Å². The van der Waals surface area contributed by atoms with Crippen molar-refractivity contribution in [2.24, 2.45) is 0 Å². The minimum atomic E-state index is -0.555. The summed E-state index contributed by atoms with van der Waals surface area (Å²) in [4.78, 5) is 31.8. The Bertz CT molecular complexity index is 940. The van der Waals surface area contributed by atoms with Crippen LogP contribution in [-0.2, 0) is 9.59 Å². The average molecular weight is 423 g/mol. The predicted molar refractivity (Wildman–Crippen MR) is 123 cm³/mol. The number of para-hydroxylation sites is 4. The summed E-state index contributed by atoms with van der Waals surface area (Å²) in [5.41, 5.74) is 2.58. The normalized spacial score (nSPS) is 19.0. The maximum absolute atomic E-state index is 12.8. The third kappa shape index (κ3) is 4.66. The van der Waals surface area contributed by atoms with Gasteiger partial charge in [-0.3, -0.25) is 9.59 Å². The highest BCUT2D eigenvalue weighted by Gasteiger charge is 2.31. The van der Waals surface area contributed by atoms with E-state index in [0.717, 1.165) is 44.1 Å². The average Bonchev–Trinajstić information content (AvgIpc) is 2.80. The van der Waals surface area contributed by atoms with Gasteiger partial charge in [0, 0.05) is 39.1 Å². The monoisotopic (exact) mass is 422 g/mol. The molecule has 1 saturated heterocycles. The molecule has 0 saturated carbocycles. The molecule has 0 aromatic heterocycles. The largest absolute Gasteiger partial charge is 0.479 e. The van der Waals surface area contributed by atoms with Crippen LogP contribution in [0.1, 0.15) is 20.3 Å². The number of benzene rings is 2. The number of likely N-dealkylation sites (N-methyl/N-ethyl adjacent to an activating group) is 1. The Hall–Kier alpha value is -3.06. The third-order valence-electron chi connectivity index (χ3n) is 5.97. The number of carbonyl (C=O) groups excluding carboxylic acids is 2. The molecule has 0 spiro atoms. The lowest BCUT2D eigenvalue weighted by Gasteiger charge is -2.36. The number of hydrogen-bond donors (Lipinski definition) is 1. The number of ether oxygens (including phenoxy) is 1. The second-order valence-electron chi connectivity index (χ2n) is 7.95. The fourth-order valence-corrected chi connectivity index (χ4v) is 4.18. The molecule has 2 aliphatic heterocycles. The first-order valence-electron chi connectivity index (χ1n) is 11.0. The number of hydrogen-bond acceptors (Lipinski definition) is 5. The number of fused-ring (bicyclic) bond motifs is 1. The number of piperazine rings is 1. The van der Waals surface area contributed by atoms with Crippen molar-refractivity contribution >= 4 is 28.9 Å². The lowest BCUT2D eigenvalue weighted by molar-refractivity contribution is -0.125. The molecule has 4 rings (SSSR count). The zero-order chi connectivity index (χ0) is 21.8. The molecule has 2 heterocycles. The van der Waals surface area contributed by atoms with E-state index in [2.05, 4.69) is 28.1 Å². The minimum Gasteiger partial charge on any atom is -0.479 e. The molecule has 164 valence electrons. The number of anilines is 3. The van der Waals surface area contributed by atoms with Gasteiger partial charge in [0.2, 0.25) is 5.91 Å². The molecule has 1 atom stereocenters. The Morgan fingerprint density at radius 1 is 1.03 bits per heavy atom. The lowest BCUT2D eigenvalue weighted by Crippen LogP contribution is -2.46. The molecule has 1 N–H and O–H groups in total. The molecule has 0 radical (unpaired) electrons. The van der Waals surface area contributed by atoms with Gasteiger partial charge in [0.15, 0.2) is 6.10 Å². The van der Waals surface area contributed by atoms with Crippen LogP contribution in [0.25, 0.3) is 0 Å². The van der Waals surface area contributed by atoms with Crippen molar-refractivity contribution in [1.29, 1.82) is 0 Å². The fraction of sp³-hybridized carbons (Fsp3) is 0.417. The Balaban J connectivity index is 1.41. The van der Waals surface area contributed by atoms with Gasteiger partial charge in [0.05, 0.1) is 17.1 Å². The summed E-state index contributed by atoms with van der Waals surface area (Å²) in [5.74, 6) is 0.441. The molecular formula is C24H30N4O3. The molecule has 0 aliphatic carbocycles. The van der Waals surface area contributed by atoms with E-state index in [4.69, 9.17) is 4.74 Å². The number of nitrogens with one attached hydrogen (secondary N) is 1. The smallest absolute Gasteiger partial charge is 0.267 e. The third-order valence-corrected chi connectivity index (χ3v) is 5.97. The van der Waals surface area contributed by atoms with Crippen molar-refractivity contribution < 1.29 is 14.3 Å². The molecule has 7 nitrogen and oxygen atoms in total. The molecule has 31 heavy (non-hydrogen) atoms. The van der Waals surface area contributed by atoms with E-state index in [0.29, 0.717) is 18.0 Å². The lowest BCUT2D eigenvalue weighted by atomic mass is 10.1. The van der Waals surface area contributed by atoms with Gasteiger partial charge in [-0.25, -0.2) is 0 Å². The van der Waals surface area contributed by atoms with Crippen LogP contribution in [0, 0.1) is 0 Å². The Morgan fingerprint density at radius 2 is 1.71 bits per heavy atom. The molecule has 2 aromatic carbocycles. The fourth-order valence-electron chi connectivity index (χ4n) is 4.18. The predicted octanol–water partition coefficient (Wildman–Crippen LogP) is 2.97. The van der Waals surface area contributed by atoms with E-state index in [1.807, 2.05) is 42.5 Å². The first-order valence-corrected chi connectivity index (χ1v) is 11.0. The summed E-state index contributed by atoms with van der Waals surface area (Å²) in [6.45, 7) is 9.23. The van der Waals surface area contributed by atoms with Crippen LogP contribution < -0.4 is 19.9 Å². The van der Waals surface area contributed by atoms with Crippen molar-refractivity contribution in [2.45, 2.75) is 26.4 Å². The van der Waals surface area contributed by atoms with Crippen LogP contribution in [0.15, 0.2) is 48.5 Å². The molecular weight excluding hydrogens is 392 g/mol. The Kier molecular flexibility index (Phi) is 6.42. The zero-order valence-electron chi connectivity index (χ0n) is 18.2. The Labute approximate surface area is 183 Å². The van der Waals surface area contributed by atoms with Crippen molar-refractivity contribution in [1.82, 2.24) is 4.90 Å². The number of nitrogens with zero attached hydrogens (tertiary/aromatic N) is 3. The second-order valence-corrected chi connectivity index (χ2v) is 7.95. The molecule has 2 amide bonds. The van der Waals surface area contributed by atoms with Gasteiger partial charge >= 0.3 is 0 Å². The van der Waals surface area contributed by atoms with Crippen molar-refractivity contribution in [3.05, 3.63) is 48.5 Å². The second kappa shape index (κ2) is 9.39. The minimum absolute atomic E-state index is 0.107. The number of carbonyl (C=O) groups is 2. The van der Waals surface area contributed by atoms with Crippen molar-refractivity contribution in [3.63, 3.8) is 0 Å². The SMILES string of the molecule is CCN1CCN(c2ccccc2NC(=O)CCN2C(=O)C(C)Oc3ccccc32)CC1. The van der Waals surface area contributed by atoms with Gasteiger partial charge in [0.1, 0.15) is 5.75 Å². The van der Waals surface area contributed by atoms with Gasteiger partial charge in [0.25, 0.3) is 5.91 Å². The van der Waals surface area contributed by atoms with E-state index in [9.17, 15) is 9.59 Å². The van der Waals surface area contributed by atoms with Crippen LogP contribution in [0.4, 0.5) is 17.1 Å². The van der Waals surface area contributed by atoms with E-state index in [1.54, 1.807) is 11.8 Å². The van der Waals surface area contributed by atoms with E-state index >= 15 is 0 Å². The highest BCUT2D eigenvalue weighted by Crippen LogP contribution is 2.33. The molecule has 1 unspecified atom stereocenters. The topological polar surface area (TPSA) is 65.1 Å². The summed E-state index contributed by atoms with van der Waals surface area (Å²) < 4.78 is 5.67. The summed E-state index contributed by atoms with van der Waals surface area (Å²) in [6.07, 6.45) is -0.342. The molecule has 1 fully saturated rings. The molecule has 2 aromatic rings. The maximum Gasteiger partial charge on any atom is 0.267 e. The maximum atomic E-state index is 12.8. The van der Waals surface area contributed by atoms with Crippen LogP contribution >= 0.6 is 0 Å². The summed E-state index contributed by atoms with van der Waals surface area (Å²) in [6, 6.07) is 15.4.